The summed E-state index contributed by atoms with van der Waals surface area (Å²) in [6.07, 6.45) is 68.6. The minimum atomic E-state index is -4.96. The van der Waals surface area contributed by atoms with E-state index in [-0.39, 0.29) is 25.7 Å². The number of carbonyl (C=O) groups excluding carboxylic acids is 4. The molecule has 0 bridgehead atoms. The topological polar surface area (TPSA) is 237 Å². The molecule has 2 unspecified atom stereocenters. The largest absolute Gasteiger partial charge is 0.472 e. The number of phosphoric ester groups is 2. The molecule has 100 heavy (non-hydrogen) atoms. The molecule has 0 rings (SSSR count). The van der Waals surface area contributed by atoms with E-state index < -0.39 is 97.5 Å². The Hall–Kier alpha value is -1.94. The summed E-state index contributed by atoms with van der Waals surface area (Å²) in [5.74, 6) is -2.12. The lowest BCUT2D eigenvalue weighted by Crippen LogP contribution is -2.30. The standard InChI is InChI=1S/C81H158O17P2/c1-5-9-13-17-20-23-26-29-32-34-36-37-38-40-42-44-47-50-53-56-60-64-68-81(86)98-77(72-92-79(84)66-62-58-54-51-48-46-43-41-39-35-33-30-27-24-21-18-14-10-6-2)74-96-100(89,90)94-70-75(82)69-93-99(87,88)95-73-76(71-91-78(83)65-61-57-16-12-8-4)97-80(85)67-63-59-55-52-49-45-31-28-25-22-19-15-11-7-3/h75-77,82H,5-74H2,1-4H3,(H,87,88)(H,89,90)/t75-,76+,77+/m0/s1. The Morgan fingerprint density at radius 2 is 0.400 bits per heavy atom. The summed E-state index contributed by atoms with van der Waals surface area (Å²) in [4.78, 5) is 72.7. The van der Waals surface area contributed by atoms with Crippen molar-refractivity contribution in [3.8, 4) is 0 Å². The van der Waals surface area contributed by atoms with Gasteiger partial charge in [-0.05, 0) is 25.7 Å². The highest BCUT2D eigenvalue weighted by molar-refractivity contribution is 7.47. The Balaban J connectivity index is 5.10. The molecule has 0 aromatic heterocycles. The highest BCUT2D eigenvalue weighted by atomic mass is 31.2. The van der Waals surface area contributed by atoms with E-state index in [1.807, 2.05) is 0 Å². The fraction of sp³-hybridized carbons (Fsp3) is 0.951. The van der Waals surface area contributed by atoms with Crippen LogP contribution in [0, 0.1) is 0 Å². The molecular weight excluding hydrogens is 1310 g/mol. The Kier molecular flexibility index (Phi) is 73.8. The first kappa shape index (κ1) is 98.1. The normalized spacial score (nSPS) is 13.8. The molecule has 0 aliphatic heterocycles. The number of rotatable bonds is 82. The van der Waals surface area contributed by atoms with Crippen LogP contribution in [0.25, 0.3) is 0 Å². The predicted octanol–water partition coefficient (Wildman–Crippen LogP) is 24.6. The summed E-state index contributed by atoms with van der Waals surface area (Å²) in [5.41, 5.74) is 0. The lowest BCUT2D eigenvalue weighted by Gasteiger charge is -2.21. The van der Waals surface area contributed by atoms with Gasteiger partial charge in [-0.15, -0.1) is 0 Å². The quantitative estimate of drug-likeness (QED) is 0.0222. The Morgan fingerprint density at radius 3 is 0.590 bits per heavy atom. The van der Waals surface area contributed by atoms with Gasteiger partial charge in [0.25, 0.3) is 0 Å². The van der Waals surface area contributed by atoms with Gasteiger partial charge in [0.1, 0.15) is 19.3 Å². The molecule has 3 N–H and O–H groups in total. The number of carbonyl (C=O) groups is 4. The van der Waals surface area contributed by atoms with E-state index in [9.17, 15) is 43.2 Å². The lowest BCUT2D eigenvalue weighted by atomic mass is 10.0. The molecule has 5 atom stereocenters. The minimum absolute atomic E-state index is 0.108. The van der Waals surface area contributed by atoms with Gasteiger partial charge in [-0.25, -0.2) is 9.13 Å². The lowest BCUT2D eigenvalue weighted by molar-refractivity contribution is -0.161. The van der Waals surface area contributed by atoms with Crippen molar-refractivity contribution in [1.29, 1.82) is 0 Å². The van der Waals surface area contributed by atoms with Gasteiger partial charge in [-0.1, -0.05) is 387 Å². The number of unbranched alkanes of at least 4 members (excludes halogenated alkanes) is 56. The summed E-state index contributed by atoms with van der Waals surface area (Å²) in [6, 6.07) is 0. The number of aliphatic hydroxyl groups is 1. The van der Waals surface area contributed by atoms with Gasteiger partial charge in [0.05, 0.1) is 26.4 Å². The second-order valence-corrected chi connectivity index (χ2v) is 32.1. The van der Waals surface area contributed by atoms with Crippen LogP contribution in [0.3, 0.4) is 0 Å². The number of hydrogen-bond acceptors (Lipinski definition) is 15. The number of aliphatic hydroxyl groups excluding tert-OH is 1. The molecule has 19 heteroatoms. The molecule has 0 spiro atoms. The molecule has 0 aromatic rings. The maximum absolute atomic E-state index is 13.1. The molecule has 0 radical (unpaired) electrons. The fourth-order valence-electron chi connectivity index (χ4n) is 12.6. The fourth-order valence-corrected chi connectivity index (χ4v) is 14.2. The molecule has 0 heterocycles. The van der Waals surface area contributed by atoms with Crippen LogP contribution < -0.4 is 0 Å². The van der Waals surface area contributed by atoms with Crippen LogP contribution >= 0.6 is 15.6 Å². The first-order chi connectivity index (χ1) is 48.7. The number of ether oxygens (including phenoxy) is 4. The van der Waals surface area contributed by atoms with Crippen molar-refractivity contribution in [3.05, 3.63) is 0 Å². The zero-order chi connectivity index (χ0) is 73.2. The third-order valence-electron chi connectivity index (χ3n) is 19.1. The highest BCUT2D eigenvalue weighted by Crippen LogP contribution is 2.45. The van der Waals surface area contributed by atoms with Gasteiger partial charge in [0.15, 0.2) is 12.2 Å². The van der Waals surface area contributed by atoms with Crippen LogP contribution in [0.5, 0.6) is 0 Å². The maximum atomic E-state index is 13.1. The maximum Gasteiger partial charge on any atom is 0.472 e. The van der Waals surface area contributed by atoms with Crippen molar-refractivity contribution >= 4 is 39.5 Å². The van der Waals surface area contributed by atoms with Crippen molar-refractivity contribution < 1.29 is 80.2 Å². The van der Waals surface area contributed by atoms with Crippen LogP contribution in [0.1, 0.15) is 439 Å². The van der Waals surface area contributed by atoms with Crippen LogP contribution in [-0.2, 0) is 65.4 Å². The summed E-state index contributed by atoms with van der Waals surface area (Å²) in [5, 5.41) is 10.6. The average molecular weight is 1470 g/mol. The van der Waals surface area contributed by atoms with Crippen LogP contribution in [-0.4, -0.2) is 96.7 Å². The first-order valence-electron chi connectivity index (χ1n) is 42.3. The molecule has 0 fully saturated rings. The molecule has 0 amide bonds. The molecule has 17 nitrogen and oxygen atoms in total. The van der Waals surface area contributed by atoms with Gasteiger partial charge in [-0.2, -0.15) is 0 Å². The molecule has 0 aliphatic rings. The Morgan fingerprint density at radius 1 is 0.240 bits per heavy atom. The molecule has 0 saturated carbocycles. The van der Waals surface area contributed by atoms with Crippen molar-refractivity contribution in [1.82, 2.24) is 0 Å². The highest BCUT2D eigenvalue weighted by Gasteiger charge is 2.30. The monoisotopic (exact) mass is 1470 g/mol. The summed E-state index contributed by atoms with van der Waals surface area (Å²) >= 11 is 0. The van der Waals surface area contributed by atoms with E-state index in [1.54, 1.807) is 0 Å². The summed E-state index contributed by atoms with van der Waals surface area (Å²) in [7, 11) is -9.91. The number of phosphoric acid groups is 2. The predicted molar refractivity (Wildman–Crippen MR) is 409 cm³/mol. The summed E-state index contributed by atoms with van der Waals surface area (Å²) < 4.78 is 68.5. The van der Waals surface area contributed by atoms with Gasteiger partial charge in [0.2, 0.25) is 0 Å². The van der Waals surface area contributed by atoms with Crippen LogP contribution in [0.2, 0.25) is 0 Å². The molecule has 0 aromatic carbocycles. The van der Waals surface area contributed by atoms with E-state index in [1.165, 1.54) is 263 Å². The minimum Gasteiger partial charge on any atom is -0.462 e. The van der Waals surface area contributed by atoms with Crippen molar-refractivity contribution in [2.75, 3.05) is 39.6 Å². The van der Waals surface area contributed by atoms with E-state index in [4.69, 9.17) is 37.0 Å². The van der Waals surface area contributed by atoms with Crippen molar-refractivity contribution in [2.45, 2.75) is 457 Å². The van der Waals surface area contributed by atoms with E-state index in [0.29, 0.717) is 25.7 Å². The Bertz CT molecular complexity index is 1890. The zero-order valence-electron chi connectivity index (χ0n) is 65.2. The van der Waals surface area contributed by atoms with Gasteiger partial charge in [-0.3, -0.25) is 37.3 Å². The van der Waals surface area contributed by atoms with Gasteiger partial charge >= 0.3 is 39.5 Å². The van der Waals surface area contributed by atoms with Crippen molar-refractivity contribution in [3.63, 3.8) is 0 Å². The third-order valence-corrected chi connectivity index (χ3v) is 21.0. The van der Waals surface area contributed by atoms with Crippen LogP contribution in [0.15, 0.2) is 0 Å². The van der Waals surface area contributed by atoms with Crippen molar-refractivity contribution in [2.24, 2.45) is 0 Å². The number of hydrogen-bond donors (Lipinski definition) is 3. The molecule has 594 valence electrons. The number of esters is 4. The first-order valence-corrected chi connectivity index (χ1v) is 45.3. The smallest absolute Gasteiger partial charge is 0.462 e. The second kappa shape index (κ2) is 75.3. The molecule has 0 aliphatic carbocycles. The summed E-state index contributed by atoms with van der Waals surface area (Å²) in [6.45, 7) is 4.93. The molecule has 0 saturated heterocycles. The van der Waals surface area contributed by atoms with E-state index >= 15 is 0 Å². The average Bonchev–Trinajstić information content (AvgIpc) is 0.968. The van der Waals surface area contributed by atoms with Gasteiger partial charge in [0, 0.05) is 25.7 Å². The van der Waals surface area contributed by atoms with E-state index in [0.717, 1.165) is 96.3 Å². The SMILES string of the molecule is CCCCCCCCCCCCCCCCCCCCCCCCC(=O)O[C@H](COC(=O)CCCCCCCCCCCCCCCCCCCCC)COP(=O)(O)OC[C@@H](O)COP(=O)(O)OC[C@@H](COC(=O)CCCCCCC)OC(=O)CCCCCCCCCCCCCCCC. The van der Waals surface area contributed by atoms with Crippen LogP contribution in [0.4, 0.5) is 0 Å². The van der Waals surface area contributed by atoms with E-state index in [2.05, 4.69) is 27.7 Å². The zero-order valence-corrected chi connectivity index (χ0v) is 67.0. The van der Waals surface area contributed by atoms with Gasteiger partial charge < -0.3 is 33.8 Å². The second-order valence-electron chi connectivity index (χ2n) is 29.2. The Labute approximate surface area is 613 Å². The third kappa shape index (κ3) is 74.3. The molecular formula is C81H158O17P2.